The van der Waals surface area contributed by atoms with Gasteiger partial charge >= 0.3 is 0 Å². The fraction of sp³-hybridized carbons (Fsp3) is 0.385. The Morgan fingerprint density at radius 1 is 1.22 bits per heavy atom. The zero-order valence-electron chi connectivity index (χ0n) is 10.5. The van der Waals surface area contributed by atoms with Crippen molar-refractivity contribution in [1.29, 1.82) is 0 Å². The lowest BCUT2D eigenvalue weighted by Crippen LogP contribution is -2.26. The van der Waals surface area contributed by atoms with Crippen molar-refractivity contribution >= 4 is 0 Å². The number of rotatable bonds is 6. The Morgan fingerprint density at radius 3 is 2.61 bits per heavy atom. The Morgan fingerprint density at radius 2 is 2.00 bits per heavy atom. The lowest BCUT2D eigenvalue weighted by Gasteiger charge is -2.19. The van der Waals surface area contributed by atoms with Crippen molar-refractivity contribution in [3.05, 3.63) is 47.8 Å². The zero-order chi connectivity index (χ0) is 12.8. The molecule has 0 saturated carbocycles. The molecule has 0 aliphatic rings. The van der Waals surface area contributed by atoms with Crippen molar-refractivity contribution < 1.29 is 5.11 Å². The van der Waals surface area contributed by atoms with E-state index in [0.29, 0.717) is 13.1 Å². The van der Waals surface area contributed by atoms with Crippen LogP contribution in [0.4, 0.5) is 0 Å². The Balaban J connectivity index is 1.99. The number of benzene rings is 1. The van der Waals surface area contributed by atoms with Gasteiger partial charge in [0, 0.05) is 32.9 Å². The molecule has 0 atom stereocenters. The number of aromatic nitrogens is 3. The van der Waals surface area contributed by atoms with Gasteiger partial charge in [0.2, 0.25) is 0 Å². The van der Waals surface area contributed by atoms with Gasteiger partial charge < -0.3 is 5.11 Å². The monoisotopic (exact) mass is 246 g/mol. The maximum absolute atomic E-state index is 9.12. The third-order valence-corrected chi connectivity index (χ3v) is 2.70. The van der Waals surface area contributed by atoms with E-state index in [1.807, 2.05) is 31.4 Å². The van der Waals surface area contributed by atoms with Crippen molar-refractivity contribution in [1.82, 2.24) is 19.9 Å². The first-order valence-corrected chi connectivity index (χ1v) is 6.00. The van der Waals surface area contributed by atoms with Gasteiger partial charge in [0.05, 0.1) is 12.3 Å². The molecule has 1 N–H and O–H groups in total. The van der Waals surface area contributed by atoms with Gasteiger partial charge in [-0.3, -0.25) is 9.58 Å². The predicted octanol–water partition coefficient (Wildman–Crippen LogP) is 0.810. The molecule has 0 saturated heterocycles. The van der Waals surface area contributed by atoms with Crippen LogP contribution in [0, 0.1) is 0 Å². The van der Waals surface area contributed by atoms with Crippen LogP contribution < -0.4 is 0 Å². The standard InChI is InChI=1S/C13H18N4O/c1-16-10-13(14-15-16)11-17(7-8-18)9-12-5-3-2-4-6-12/h2-6,10,18H,7-9,11H2,1H3. The highest BCUT2D eigenvalue weighted by atomic mass is 16.3. The van der Waals surface area contributed by atoms with Gasteiger partial charge in [0.25, 0.3) is 0 Å². The van der Waals surface area contributed by atoms with Crippen LogP contribution in [0.2, 0.25) is 0 Å². The maximum Gasteiger partial charge on any atom is 0.0967 e. The SMILES string of the molecule is Cn1cc(CN(CCO)Cc2ccccc2)nn1. The Hall–Kier alpha value is -1.72. The molecular weight excluding hydrogens is 228 g/mol. The summed E-state index contributed by atoms with van der Waals surface area (Å²) in [7, 11) is 1.85. The third kappa shape index (κ3) is 3.65. The van der Waals surface area contributed by atoms with Crippen LogP contribution in [0.15, 0.2) is 36.5 Å². The molecule has 2 rings (SSSR count). The molecule has 1 aromatic carbocycles. The van der Waals surface area contributed by atoms with Crippen LogP contribution in [0.25, 0.3) is 0 Å². The molecule has 1 aromatic heterocycles. The summed E-state index contributed by atoms with van der Waals surface area (Å²) in [6.45, 7) is 2.28. The molecule has 0 spiro atoms. The number of hydrogen-bond donors (Lipinski definition) is 1. The average Bonchev–Trinajstić information content (AvgIpc) is 2.76. The average molecular weight is 246 g/mol. The zero-order valence-corrected chi connectivity index (χ0v) is 10.5. The second-order valence-corrected chi connectivity index (χ2v) is 4.30. The Labute approximate surface area is 107 Å². The van der Waals surface area contributed by atoms with Gasteiger partial charge in [-0.15, -0.1) is 5.10 Å². The molecular formula is C13H18N4O. The van der Waals surface area contributed by atoms with Crippen LogP contribution in [0.1, 0.15) is 11.3 Å². The summed E-state index contributed by atoms with van der Waals surface area (Å²) < 4.78 is 1.69. The highest BCUT2D eigenvalue weighted by Crippen LogP contribution is 2.07. The number of aryl methyl sites for hydroxylation is 1. The molecule has 5 heteroatoms. The van der Waals surface area contributed by atoms with E-state index in [0.717, 1.165) is 12.2 Å². The van der Waals surface area contributed by atoms with E-state index in [1.165, 1.54) is 5.56 Å². The molecule has 5 nitrogen and oxygen atoms in total. The Kier molecular flexibility index (Phi) is 4.44. The smallest absolute Gasteiger partial charge is 0.0967 e. The Bertz CT molecular complexity index is 469. The van der Waals surface area contributed by atoms with Gasteiger partial charge in [0.15, 0.2) is 0 Å². The molecule has 0 aliphatic carbocycles. The predicted molar refractivity (Wildman–Crippen MR) is 68.6 cm³/mol. The van der Waals surface area contributed by atoms with Gasteiger partial charge in [-0.05, 0) is 5.56 Å². The minimum absolute atomic E-state index is 0.146. The number of aliphatic hydroxyl groups is 1. The van der Waals surface area contributed by atoms with Crippen LogP contribution in [-0.4, -0.2) is 38.2 Å². The van der Waals surface area contributed by atoms with E-state index >= 15 is 0 Å². The van der Waals surface area contributed by atoms with E-state index in [4.69, 9.17) is 5.11 Å². The fourth-order valence-electron chi connectivity index (χ4n) is 1.89. The normalized spacial score (nSPS) is 11.1. The van der Waals surface area contributed by atoms with Crippen molar-refractivity contribution in [3.8, 4) is 0 Å². The molecule has 96 valence electrons. The van der Waals surface area contributed by atoms with Gasteiger partial charge in [-0.1, -0.05) is 35.5 Å². The first-order chi connectivity index (χ1) is 8.78. The fourth-order valence-corrected chi connectivity index (χ4v) is 1.89. The molecule has 0 amide bonds. The van der Waals surface area contributed by atoms with E-state index < -0.39 is 0 Å². The number of aliphatic hydroxyl groups excluding tert-OH is 1. The van der Waals surface area contributed by atoms with Crippen LogP contribution >= 0.6 is 0 Å². The quantitative estimate of drug-likeness (QED) is 0.819. The maximum atomic E-state index is 9.12. The highest BCUT2D eigenvalue weighted by molar-refractivity contribution is 5.14. The van der Waals surface area contributed by atoms with Crippen molar-refractivity contribution in [2.45, 2.75) is 13.1 Å². The van der Waals surface area contributed by atoms with E-state index in [-0.39, 0.29) is 6.61 Å². The first kappa shape index (κ1) is 12.7. The first-order valence-electron chi connectivity index (χ1n) is 6.00. The summed E-state index contributed by atoms with van der Waals surface area (Å²) in [5, 5.41) is 17.1. The lowest BCUT2D eigenvalue weighted by molar-refractivity contribution is 0.183. The topological polar surface area (TPSA) is 54.2 Å². The summed E-state index contributed by atoms with van der Waals surface area (Å²) in [6, 6.07) is 10.2. The summed E-state index contributed by atoms with van der Waals surface area (Å²) >= 11 is 0. The summed E-state index contributed by atoms with van der Waals surface area (Å²) in [5.74, 6) is 0. The second-order valence-electron chi connectivity index (χ2n) is 4.30. The second kappa shape index (κ2) is 6.28. The van der Waals surface area contributed by atoms with Gasteiger partial charge in [-0.25, -0.2) is 0 Å². The molecule has 0 unspecified atom stereocenters. The van der Waals surface area contributed by atoms with Gasteiger partial charge in [-0.2, -0.15) is 0 Å². The number of nitrogens with zero attached hydrogens (tertiary/aromatic N) is 4. The third-order valence-electron chi connectivity index (χ3n) is 2.70. The van der Waals surface area contributed by atoms with Crippen LogP contribution in [0.5, 0.6) is 0 Å². The molecule has 18 heavy (non-hydrogen) atoms. The van der Waals surface area contributed by atoms with Crippen molar-refractivity contribution in [2.75, 3.05) is 13.2 Å². The summed E-state index contributed by atoms with van der Waals surface area (Å²) in [4.78, 5) is 2.15. The van der Waals surface area contributed by atoms with Crippen LogP contribution in [-0.2, 0) is 20.1 Å². The molecule has 0 bridgehead atoms. The van der Waals surface area contributed by atoms with E-state index in [9.17, 15) is 0 Å². The highest BCUT2D eigenvalue weighted by Gasteiger charge is 2.08. The summed E-state index contributed by atoms with van der Waals surface area (Å²) in [6.07, 6.45) is 1.90. The van der Waals surface area contributed by atoms with Crippen molar-refractivity contribution in [2.24, 2.45) is 7.05 Å². The molecule has 2 aromatic rings. The van der Waals surface area contributed by atoms with E-state index in [1.54, 1.807) is 4.68 Å². The lowest BCUT2D eigenvalue weighted by atomic mass is 10.2. The minimum atomic E-state index is 0.146. The van der Waals surface area contributed by atoms with E-state index in [2.05, 4.69) is 27.3 Å². The molecule has 0 radical (unpaired) electrons. The van der Waals surface area contributed by atoms with Crippen LogP contribution in [0.3, 0.4) is 0 Å². The number of hydrogen-bond acceptors (Lipinski definition) is 4. The minimum Gasteiger partial charge on any atom is -0.395 e. The summed E-state index contributed by atoms with van der Waals surface area (Å²) in [5.41, 5.74) is 2.15. The molecule has 0 fully saturated rings. The molecule has 0 aliphatic heterocycles. The van der Waals surface area contributed by atoms with Crippen molar-refractivity contribution in [3.63, 3.8) is 0 Å². The largest absolute Gasteiger partial charge is 0.395 e. The van der Waals surface area contributed by atoms with Gasteiger partial charge in [0.1, 0.15) is 0 Å². The molecule has 1 heterocycles.